The lowest BCUT2D eigenvalue weighted by molar-refractivity contribution is -0.263. The van der Waals surface area contributed by atoms with Gasteiger partial charge in [0.2, 0.25) is 0 Å². The summed E-state index contributed by atoms with van der Waals surface area (Å²) in [6.07, 6.45) is -3.16. The average molecular weight is 452 g/mol. The zero-order chi connectivity index (χ0) is 22.1. The first kappa shape index (κ1) is 21.9. The number of halogens is 3. The lowest BCUT2D eigenvalue weighted by Gasteiger charge is -2.29. The lowest BCUT2D eigenvalue weighted by atomic mass is 9.91. The van der Waals surface area contributed by atoms with Crippen LogP contribution in [-0.2, 0) is 6.42 Å². The number of thiazole rings is 1. The van der Waals surface area contributed by atoms with Crippen molar-refractivity contribution in [3.05, 3.63) is 48.0 Å². The summed E-state index contributed by atoms with van der Waals surface area (Å²) in [7, 11) is 0. The Hall–Kier alpha value is -2.32. The molecule has 0 radical (unpaired) electrons. The Bertz CT molecular complexity index is 1010. The Morgan fingerprint density at radius 1 is 1.13 bits per heavy atom. The van der Waals surface area contributed by atoms with Crippen molar-refractivity contribution in [2.75, 3.05) is 6.61 Å². The maximum atomic E-state index is 13.2. The number of rotatable bonds is 9. The standard InChI is InChI=1S/C23H24F3NO3S/c1-2-22(28,23(24,25)26)12-11-15-9-10-18(19(13-15)29-14-16-7-8-16)30-21-27-17-5-3-4-6-20(17)31-21/h3-6,9-10,13,16,28H,2,7-8,11-12,14H2,1H3. The maximum absolute atomic E-state index is 13.2. The number of benzene rings is 2. The molecule has 1 heterocycles. The summed E-state index contributed by atoms with van der Waals surface area (Å²) in [4.78, 5) is 4.47. The van der Waals surface area contributed by atoms with Crippen molar-refractivity contribution in [3.8, 4) is 16.7 Å². The third-order valence-corrected chi connectivity index (χ3v) is 6.51. The van der Waals surface area contributed by atoms with Crippen LogP contribution in [-0.4, -0.2) is 28.5 Å². The molecule has 0 aliphatic heterocycles. The molecule has 2 aromatic carbocycles. The topological polar surface area (TPSA) is 51.6 Å². The van der Waals surface area contributed by atoms with Crippen molar-refractivity contribution in [1.29, 1.82) is 0 Å². The number of aliphatic hydroxyl groups is 1. The number of aromatic nitrogens is 1. The van der Waals surface area contributed by atoms with E-state index in [4.69, 9.17) is 9.47 Å². The van der Waals surface area contributed by atoms with Gasteiger partial charge in [-0.1, -0.05) is 36.5 Å². The third kappa shape index (κ3) is 5.13. The molecular weight excluding hydrogens is 427 g/mol. The van der Waals surface area contributed by atoms with E-state index in [1.165, 1.54) is 18.3 Å². The summed E-state index contributed by atoms with van der Waals surface area (Å²) in [6.45, 7) is 1.88. The zero-order valence-electron chi connectivity index (χ0n) is 17.1. The Morgan fingerprint density at radius 2 is 1.90 bits per heavy atom. The molecule has 1 aliphatic carbocycles. The van der Waals surface area contributed by atoms with Crippen LogP contribution < -0.4 is 9.47 Å². The van der Waals surface area contributed by atoms with Gasteiger partial charge in [-0.25, -0.2) is 4.98 Å². The summed E-state index contributed by atoms with van der Waals surface area (Å²) in [5.41, 5.74) is -1.21. The fraction of sp³-hybridized carbons (Fsp3) is 0.435. The highest BCUT2D eigenvalue weighted by molar-refractivity contribution is 7.20. The van der Waals surface area contributed by atoms with Gasteiger partial charge < -0.3 is 14.6 Å². The van der Waals surface area contributed by atoms with Crippen molar-refractivity contribution in [1.82, 2.24) is 4.98 Å². The molecule has 1 atom stereocenters. The Labute approximate surface area is 182 Å². The van der Waals surface area contributed by atoms with Crippen LogP contribution in [0.5, 0.6) is 16.7 Å². The molecule has 1 fully saturated rings. The number of nitrogens with zero attached hydrogens (tertiary/aromatic N) is 1. The predicted molar refractivity (Wildman–Crippen MR) is 114 cm³/mol. The minimum absolute atomic E-state index is 0.0745. The number of hydrogen-bond acceptors (Lipinski definition) is 5. The van der Waals surface area contributed by atoms with Crippen LogP contribution in [0.1, 0.15) is 38.2 Å². The normalized spacial score (nSPS) is 16.3. The van der Waals surface area contributed by atoms with Crippen molar-refractivity contribution < 1.29 is 27.8 Å². The first-order valence-electron chi connectivity index (χ1n) is 10.4. The molecule has 166 valence electrons. The second-order valence-corrected chi connectivity index (χ2v) is 8.96. The van der Waals surface area contributed by atoms with Gasteiger partial charge in [-0.05, 0) is 67.9 Å². The molecule has 1 N–H and O–H groups in total. The predicted octanol–water partition coefficient (Wildman–Crippen LogP) is 6.51. The molecule has 4 rings (SSSR count). The molecular formula is C23H24F3NO3S. The van der Waals surface area contributed by atoms with Gasteiger partial charge in [-0.15, -0.1) is 0 Å². The van der Waals surface area contributed by atoms with Gasteiger partial charge in [0.1, 0.15) is 0 Å². The number of hydrogen-bond donors (Lipinski definition) is 1. The van der Waals surface area contributed by atoms with Gasteiger partial charge in [0.05, 0.1) is 16.8 Å². The van der Waals surface area contributed by atoms with Gasteiger partial charge in [0.15, 0.2) is 17.1 Å². The van der Waals surface area contributed by atoms with E-state index < -0.39 is 18.2 Å². The maximum Gasteiger partial charge on any atom is 0.417 e. The van der Waals surface area contributed by atoms with Gasteiger partial charge in [-0.3, -0.25) is 0 Å². The van der Waals surface area contributed by atoms with Crippen LogP contribution in [0.4, 0.5) is 13.2 Å². The van der Waals surface area contributed by atoms with Gasteiger partial charge in [0.25, 0.3) is 5.19 Å². The van der Waals surface area contributed by atoms with Gasteiger partial charge in [0, 0.05) is 0 Å². The average Bonchev–Trinajstić information content (AvgIpc) is 3.48. The Balaban J connectivity index is 1.53. The Morgan fingerprint density at radius 3 is 2.58 bits per heavy atom. The van der Waals surface area contributed by atoms with E-state index in [0.717, 1.165) is 23.1 Å². The van der Waals surface area contributed by atoms with E-state index in [1.54, 1.807) is 18.2 Å². The number of aryl methyl sites for hydroxylation is 1. The number of para-hydroxylation sites is 1. The highest BCUT2D eigenvalue weighted by atomic mass is 32.1. The molecule has 1 saturated carbocycles. The third-order valence-electron chi connectivity index (χ3n) is 5.59. The molecule has 3 aromatic rings. The summed E-state index contributed by atoms with van der Waals surface area (Å²) in [6, 6.07) is 12.8. The molecule has 8 heteroatoms. The molecule has 0 saturated heterocycles. The molecule has 1 aromatic heterocycles. The van der Waals surface area contributed by atoms with Gasteiger partial charge >= 0.3 is 6.18 Å². The second-order valence-electron chi connectivity index (χ2n) is 7.97. The van der Waals surface area contributed by atoms with E-state index in [1.807, 2.05) is 24.3 Å². The zero-order valence-corrected chi connectivity index (χ0v) is 17.9. The SMILES string of the molecule is CCC(O)(CCc1ccc(Oc2nc3ccccc3s2)c(OCC2CC2)c1)C(F)(F)F. The molecule has 31 heavy (non-hydrogen) atoms. The first-order valence-corrected chi connectivity index (χ1v) is 11.2. The number of alkyl halides is 3. The highest BCUT2D eigenvalue weighted by Crippen LogP contribution is 2.40. The second kappa shape index (κ2) is 8.67. The van der Waals surface area contributed by atoms with Crippen molar-refractivity contribution in [2.45, 2.75) is 50.8 Å². The van der Waals surface area contributed by atoms with Crippen LogP contribution in [0.25, 0.3) is 10.2 Å². The lowest BCUT2D eigenvalue weighted by Crippen LogP contribution is -2.44. The fourth-order valence-electron chi connectivity index (χ4n) is 3.26. The highest BCUT2D eigenvalue weighted by Gasteiger charge is 2.51. The molecule has 4 nitrogen and oxygen atoms in total. The van der Waals surface area contributed by atoms with E-state index in [0.29, 0.717) is 34.8 Å². The van der Waals surface area contributed by atoms with Crippen molar-refractivity contribution >= 4 is 21.6 Å². The van der Waals surface area contributed by atoms with E-state index in [9.17, 15) is 18.3 Å². The van der Waals surface area contributed by atoms with Crippen molar-refractivity contribution in [3.63, 3.8) is 0 Å². The molecule has 0 bridgehead atoms. The molecule has 1 aliphatic rings. The van der Waals surface area contributed by atoms with Crippen LogP contribution in [0, 0.1) is 5.92 Å². The largest absolute Gasteiger partial charge is 0.489 e. The molecule has 1 unspecified atom stereocenters. The van der Waals surface area contributed by atoms with E-state index in [2.05, 4.69) is 4.98 Å². The van der Waals surface area contributed by atoms with Gasteiger partial charge in [-0.2, -0.15) is 13.2 Å². The van der Waals surface area contributed by atoms with Crippen LogP contribution in [0.3, 0.4) is 0 Å². The van der Waals surface area contributed by atoms with Crippen LogP contribution in [0.2, 0.25) is 0 Å². The fourth-order valence-corrected chi connectivity index (χ4v) is 4.08. The number of ether oxygens (including phenoxy) is 2. The summed E-state index contributed by atoms with van der Waals surface area (Å²) in [5.74, 6) is 1.47. The van der Waals surface area contributed by atoms with E-state index >= 15 is 0 Å². The smallest absolute Gasteiger partial charge is 0.417 e. The summed E-state index contributed by atoms with van der Waals surface area (Å²) in [5, 5.41) is 10.5. The first-order chi connectivity index (χ1) is 14.8. The van der Waals surface area contributed by atoms with Crippen molar-refractivity contribution in [2.24, 2.45) is 5.92 Å². The Kier molecular flexibility index (Phi) is 6.12. The minimum atomic E-state index is -4.66. The molecule has 0 spiro atoms. The van der Waals surface area contributed by atoms with Crippen LogP contribution in [0.15, 0.2) is 42.5 Å². The van der Waals surface area contributed by atoms with Crippen LogP contribution >= 0.6 is 11.3 Å². The quantitative estimate of drug-likeness (QED) is 0.403. The summed E-state index contributed by atoms with van der Waals surface area (Å²) < 4.78 is 52.5. The summed E-state index contributed by atoms with van der Waals surface area (Å²) >= 11 is 1.41. The number of fused-ring (bicyclic) bond motifs is 1. The molecule has 0 amide bonds. The van der Waals surface area contributed by atoms with E-state index in [-0.39, 0.29) is 12.8 Å². The monoisotopic (exact) mass is 451 g/mol. The minimum Gasteiger partial charge on any atom is -0.489 e.